The average Bonchev–Trinajstić information content (AvgIpc) is 2.46. The second kappa shape index (κ2) is 6.70. The van der Waals surface area contributed by atoms with Gasteiger partial charge in [-0.15, -0.1) is 0 Å². The van der Waals surface area contributed by atoms with Gasteiger partial charge in [-0.25, -0.2) is 0 Å². The van der Waals surface area contributed by atoms with Crippen molar-refractivity contribution in [2.75, 3.05) is 0 Å². The molecule has 0 saturated carbocycles. The predicted octanol–water partition coefficient (Wildman–Crippen LogP) is 3.44. The quantitative estimate of drug-likeness (QED) is 0.610. The van der Waals surface area contributed by atoms with Gasteiger partial charge in [0.05, 0.1) is 0 Å². The van der Waals surface area contributed by atoms with Crippen molar-refractivity contribution in [1.82, 2.24) is 0 Å². The first-order valence-electron chi connectivity index (χ1n) is 6.48. The maximum absolute atomic E-state index is 12.1. The van der Waals surface area contributed by atoms with Gasteiger partial charge in [-0.05, 0) is 0 Å². The van der Waals surface area contributed by atoms with Gasteiger partial charge in [0, 0.05) is 0 Å². The molecule has 0 aliphatic rings. The Bertz CT molecular complexity index is 529. The summed E-state index contributed by atoms with van der Waals surface area (Å²) in [5, 5.41) is 0.637. The molecule has 0 aromatic heterocycles. The van der Waals surface area contributed by atoms with Gasteiger partial charge in [-0.3, -0.25) is 0 Å². The zero-order valence-corrected chi connectivity index (χ0v) is 13.0. The number of rotatable bonds is 5. The Labute approximate surface area is 121 Å². The molecule has 0 saturated heterocycles. The molecule has 98 valence electrons. The second-order valence-electron chi connectivity index (χ2n) is 4.80. The van der Waals surface area contributed by atoms with Crippen molar-refractivity contribution in [3.63, 3.8) is 0 Å². The van der Waals surface area contributed by atoms with Gasteiger partial charge >= 0.3 is 121 Å². The summed E-state index contributed by atoms with van der Waals surface area (Å²) >= 11 is 0.231. The number of benzene rings is 2. The Morgan fingerprint density at radius 2 is 1.63 bits per heavy atom. The third-order valence-corrected chi connectivity index (χ3v) is 5.14. The zero-order chi connectivity index (χ0) is 13.7. The summed E-state index contributed by atoms with van der Waals surface area (Å²) in [7, 11) is 0. The summed E-state index contributed by atoms with van der Waals surface area (Å²) < 4.78 is 1.28. The molecule has 0 N–H and O–H groups in total. The van der Waals surface area contributed by atoms with Gasteiger partial charge in [-0.1, -0.05) is 0 Å². The van der Waals surface area contributed by atoms with Gasteiger partial charge in [-0.2, -0.15) is 0 Å². The molecular weight excluding hydrogens is 299 g/mol. The van der Waals surface area contributed by atoms with Crippen LogP contribution in [0.2, 0.25) is 5.32 Å². The van der Waals surface area contributed by atoms with Crippen LogP contribution in [0, 0.1) is 0 Å². The van der Waals surface area contributed by atoms with Crippen LogP contribution in [0.5, 0.6) is 0 Å². The zero-order valence-electron chi connectivity index (χ0n) is 11.3. The summed E-state index contributed by atoms with van der Waals surface area (Å²) in [6.07, 6.45) is 0. The van der Waals surface area contributed by atoms with E-state index in [1.165, 1.54) is 10.0 Å². The van der Waals surface area contributed by atoms with Crippen LogP contribution in [-0.2, 0) is 0 Å². The molecule has 0 spiro atoms. The summed E-state index contributed by atoms with van der Waals surface area (Å²) in [4.78, 5) is 12.1. The van der Waals surface area contributed by atoms with E-state index in [0.717, 1.165) is 5.56 Å². The summed E-state index contributed by atoms with van der Waals surface area (Å²) in [5.41, 5.74) is 2.12. The molecule has 2 aromatic carbocycles. The van der Waals surface area contributed by atoms with Crippen LogP contribution < -0.4 is 4.46 Å². The predicted molar refractivity (Wildman–Crippen MR) is 81.5 cm³/mol. The van der Waals surface area contributed by atoms with Crippen LogP contribution in [0.15, 0.2) is 54.6 Å². The van der Waals surface area contributed by atoms with Crippen LogP contribution in [0.1, 0.15) is 35.7 Å². The van der Waals surface area contributed by atoms with Crippen molar-refractivity contribution in [3.8, 4) is 0 Å². The Morgan fingerprint density at radius 3 is 2.21 bits per heavy atom. The van der Waals surface area contributed by atoms with E-state index >= 15 is 0 Å². The Balaban J connectivity index is 1.96. The minimum atomic E-state index is 0.231. The number of hydrogen-bond acceptors (Lipinski definition) is 1. The van der Waals surface area contributed by atoms with E-state index in [4.69, 9.17) is 0 Å². The molecule has 2 heteroatoms. The second-order valence-corrected chi connectivity index (χ2v) is 7.00. The SMILES string of the molecule is CC(C)c1ccc(C(=O)C[Se]c2ccccc2)cc1. The van der Waals surface area contributed by atoms with E-state index in [9.17, 15) is 4.79 Å². The molecular formula is C17H18OSe. The molecule has 0 fully saturated rings. The van der Waals surface area contributed by atoms with Gasteiger partial charge in [0.15, 0.2) is 0 Å². The van der Waals surface area contributed by atoms with Gasteiger partial charge in [0.1, 0.15) is 0 Å². The first-order chi connectivity index (χ1) is 9.16. The maximum atomic E-state index is 12.1. The number of carbonyl (C=O) groups is 1. The number of ketones is 1. The van der Waals surface area contributed by atoms with Crippen LogP contribution in [-0.4, -0.2) is 20.7 Å². The first kappa shape index (κ1) is 14.0. The number of carbonyl (C=O) groups excluding carboxylic acids is 1. The van der Waals surface area contributed by atoms with Crippen LogP contribution in [0.3, 0.4) is 0 Å². The van der Waals surface area contributed by atoms with Crippen molar-refractivity contribution in [1.29, 1.82) is 0 Å². The molecule has 2 aromatic rings. The Hall–Kier alpha value is -1.37. The Morgan fingerprint density at radius 1 is 1.00 bits per heavy atom. The fourth-order valence-electron chi connectivity index (χ4n) is 1.80. The molecule has 1 nitrogen and oxygen atoms in total. The molecule has 0 unspecified atom stereocenters. The third-order valence-electron chi connectivity index (χ3n) is 3.01. The van der Waals surface area contributed by atoms with Crippen LogP contribution >= 0.6 is 0 Å². The topological polar surface area (TPSA) is 17.1 Å². The molecule has 0 atom stereocenters. The molecule has 0 aliphatic carbocycles. The summed E-state index contributed by atoms with van der Waals surface area (Å²) in [6, 6.07) is 18.3. The van der Waals surface area contributed by atoms with E-state index in [0.29, 0.717) is 11.2 Å². The average molecular weight is 317 g/mol. The number of Topliss-reactive ketones (excluding diaryl/α,β-unsaturated/α-hetero) is 1. The normalized spacial score (nSPS) is 10.7. The molecule has 2 rings (SSSR count). The third kappa shape index (κ3) is 4.05. The van der Waals surface area contributed by atoms with E-state index in [1.807, 2.05) is 30.3 Å². The van der Waals surface area contributed by atoms with Crippen LogP contribution in [0.4, 0.5) is 0 Å². The molecule has 0 bridgehead atoms. The Kier molecular flexibility index (Phi) is 4.95. The van der Waals surface area contributed by atoms with Crippen molar-refractivity contribution < 1.29 is 4.79 Å². The van der Waals surface area contributed by atoms with E-state index < -0.39 is 0 Å². The molecule has 19 heavy (non-hydrogen) atoms. The van der Waals surface area contributed by atoms with Gasteiger partial charge in [0.25, 0.3) is 0 Å². The monoisotopic (exact) mass is 318 g/mol. The molecule has 0 aliphatic heterocycles. The van der Waals surface area contributed by atoms with E-state index in [1.54, 1.807) is 0 Å². The minimum absolute atomic E-state index is 0.231. The van der Waals surface area contributed by atoms with Crippen LogP contribution in [0.25, 0.3) is 0 Å². The van der Waals surface area contributed by atoms with E-state index in [2.05, 4.69) is 38.1 Å². The molecule has 0 amide bonds. The van der Waals surface area contributed by atoms with E-state index in [-0.39, 0.29) is 20.7 Å². The summed E-state index contributed by atoms with van der Waals surface area (Å²) in [5.74, 6) is 0.761. The van der Waals surface area contributed by atoms with Gasteiger partial charge in [0.2, 0.25) is 0 Å². The first-order valence-corrected chi connectivity index (χ1v) is 8.54. The fourth-order valence-corrected chi connectivity index (χ4v) is 3.51. The van der Waals surface area contributed by atoms with Crippen molar-refractivity contribution in [2.45, 2.75) is 25.1 Å². The molecule has 0 heterocycles. The van der Waals surface area contributed by atoms with Crippen molar-refractivity contribution in [3.05, 3.63) is 65.7 Å². The standard InChI is InChI=1S/C17H18OSe/c1-13(2)14-8-10-15(11-9-14)17(18)12-19-16-6-4-3-5-7-16/h3-11,13H,12H2,1-2H3. The fraction of sp³-hybridized carbons (Fsp3) is 0.235. The molecule has 0 radical (unpaired) electrons. The van der Waals surface area contributed by atoms with Crippen molar-refractivity contribution >= 4 is 25.2 Å². The van der Waals surface area contributed by atoms with Gasteiger partial charge < -0.3 is 0 Å². The summed E-state index contributed by atoms with van der Waals surface area (Å²) in [6.45, 7) is 4.32. The number of hydrogen-bond donors (Lipinski definition) is 0. The van der Waals surface area contributed by atoms with Crippen molar-refractivity contribution in [2.24, 2.45) is 0 Å².